The van der Waals surface area contributed by atoms with E-state index >= 15 is 0 Å². The molecule has 0 aliphatic carbocycles. The zero-order chi connectivity index (χ0) is 42.6. The number of fused-ring (bicyclic) bond motifs is 16. The van der Waals surface area contributed by atoms with Gasteiger partial charge in [0, 0.05) is 21.9 Å². The van der Waals surface area contributed by atoms with Crippen LogP contribution in [0.4, 0.5) is 5.69 Å². The lowest BCUT2D eigenvalue weighted by molar-refractivity contribution is 0.260. The van der Waals surface area contributed by atoms with Crippen molar-refractivity contribution in [2.45, 2.75) is 6.23 Å². The zero-order valence-corrected chi connectivity index (χ0v) is 35.2. The summed E-state index contributed by atoms with van der Waals surface area (Å²) in [5, 5.41) is 22.1. The lowest BCUT2D eigenvalue weighted by Gasteiger charge is -2.18. The van der Waals surface area contributed by atoms with Crippen LogP contribution in [0.2, 0.25) is 0 Å². The second kappa shape index (κ2) is 14.0. The van der Waals surface area contributed by atoms with Gasteiger partial charge in [0.25, 0.3) is 0 Å². The van der Waals surface area contributed by atoms with Gasteiger partial charge in [-0.2, -0.15) is 0 Å². The van der Waals surface area contributed by atoms with Gasteiger partial charge in [-0.1, -0.05) is 182 Å². The molecule has 302 valence electrons. The molecule has 0 saturated heterocycles. The monoisotopic (exact) mass is 826 g/mol. The van der Waals surface area contributed by atoms with E-state index in [-0.39, 0.29) is 6.23 Å². The molecule has 0 saturated carbocycles. The maximum Gasteiger partial charge on any atom is 0.196 e. The molecule has 65 heavy (non-hydrogen) atoms. The quantitative estimate of drug-likeness (QED) is 0.180. The van der Waals surface area contributed by atoms with Gasteiger partial charge in [0.05, 0.1) is 16.9 Å². The van der Waals surface area contributed by atoms with Gasteiger partial charge in [0.15, 0.2) is 6.23 Å². The fourth-order valence-electron chi connectivity index (χ4n) is 10.8. The molecule has 0 bridgehead atoms. The van der Waals surface area contributed by atoms with Gasteiger partial charge in [0.1, 0.15) is 5.75 Å². The van der Waals surface area contributed by atoms with E-state index in [0.717, 1.165) is 55.7 Å². The Kier molecular flexibility index (Phi) is 7.75. The van der Waals surface area contributed by atoms with Crippen molar-refractivity contribution in [2.75, 3.05) is 5.32 Å². The number of benzene rings is 12. The third kappa shape index (κ3) is 5.52. The Balaban J connectivity index is 1.02. The van der Waals surface area contributed by atoms with Gasteiger partial charge in [-0.15, -0.1) is 0 Å². The molecule has 0 fully saturated rings. The van der Waals surface area contributed by atoms with Crippen LogP contribution in [0.25, 0.3) is 120 Å². The van der Waals surface area contributed by atoms with Crippen molar-refractivity contribution in [1.82, 2.24) is 4.98 Å². The molecule has 3 nitrogen and oxygen atoms in total. The van der Waals surface area contributed by atoms with E-state index in [0.29, 0.717) is 0 Å². The fraction of sp³-hybridized carbons (Fsp3) is 0.0161. The molecule has 14 rings (SSSR count). The number of aromatic nitrogens is 1. The number of hydrogen-bond acceptors (Lipinski definition) is 3. The molecule has 0 radical (unpaired) electrons. The minimum Gasteiger partial charge on any atom is -0.464 e. The highest BCUT2D eigenvalue weighted by Crippen LogP contribution is 2.45. The Morgan fingerprint density at radius 2 is 0.738 bits per heavy atom. The van der Waals surface area contributed by atoms with Crippen LogP contribution in [0.5, 0.6) is 5.75 Å². The number of nitrogens with one attached hydrogen (secondary N) is 1. The number of anilines is 1. The third-order valence-electron chi connectivity index (χ3n) is 13.9. The summed E-state index contributed by atoms with van der Waals surface area (Å²) < 4.78 is 6.30. The second-order valence-corrected chi connectivity index (χ2v) is 17.4. The van der Waals surface area contributed by atoms with E-state index in [1.165, 1.54) is 81.1 Å². The Labute approximate surface area is 374 Å². The van der Waals surface area contributed by atoms with Crippen LogP contribution in [-0.2, 0) is 0 Å². The maximum atomic E-state index is 6.30. The average Bonchev–Trinajstić information content (AvgIpc) is 3.83. The molecule has 1 aromatic heterocycles. The summed E-state index contributed by atoms with van der Waals surface area (Å²) >= 11 is 0. The van der Waals surface area contributed by atoms with Crippen LogP contribution < -0.4 is 10.1 Å². The number of para-hydroxylation sites is 2. The van der Waals surface area contributed by atoms with Crippen molar-refractivity contribution in [1.29, 1.82) is 0 Å². The molecular weight excluding hydrogens is 789 g/mol. The van der Waals surface area contributed by atoms with E-state index in [9.17, 15) is 0 Å². The number of rotatable bonds is 4. The largest absolute Gasteiger partial charge is 0.464 e. The first-order valence-electron chi connectivity index (χ1n) is 22.4. The Morgan fingerprint density at radius 1 is 0.323 bits per heavy atom. The summed E-state index contributed by atoms with van der Waals surface area (Å²) in [6, 6.07) is 79.7. The summed E-state index contributed by atoms with van der Waals surface area (Å²) in [4.78, 5) is 5.59. The number of ether oxygens (including phenoxy) is 1. The summed E-state index contributed by atoms with van der Waals surface area (Å²) in [7, 11) is 0. The molecule has 1 aliphatic rings. The zero-order valence-electron chi connectivity index (χ0n) is 35.2. The van der Waals surface area contributed by atoms with Gasteiger partial charge >= 0.3 is 0 Å². The van der Waals surface area contributed by atoms with Crippen molar-refractivity contribution in [2.24, 2.45) is 0 Å². The van der Waals surface area contributed by atoms with Crippen molar-refractivity contribution in [3.05, 3.63) is 224 Å². The van der Waals surface area contributed by atoms with Crippen molar-refractivity contribution in [3.8, 4) is 39.3 Å². The molecule has 2 heterocycles. The predicted octanol–water partition coefficient (Wildman–Crippen LogP) is 16.8. The van der Waals surface area contributed by atoms with Crippen LogP contribution in [0.3, 0.4) is 0 Å². The highest BCUT2D eigenvalue weighted by Gasteiger charge is 2.24. The molecule has 1 aliphatic heterocycles. The lowest BCUT2D eigenvalue weighted by atomic mass is 9.88. The normalized spacial score (nSPS) is 13.6. The van der Waals surface area contributed by atoms with Crippen molar-refractivity contribution < 1.29 is 4.74 Å². The Morgan fingerprint density at radius 3 is 1.26 bits per heavy atom. The van der Waals surface area contributed by atoms with Gasteiger partial charge in [-0.05, 0) is 129 Å². The van der Waals surface area contributed by atoms with Crippen LogP contribution in [0.15, 0.2) is 218 Å². The van der Waals surface area contributed by atoms with Crippen LogP contribution in [0.1, 0.15) is 11.8 Å². The molecule has 3 heteroatoms. The van der Waals surface area contributed by atoms with E-state index in [1.807, 2.05) is 18.2 Å². The van der Waals surface area contributed by atoms with E-state index < -0.39 is 0 Å². The van der Waals surface area contributed by atoms with E-state index in [1.54, 1.807) is 0 Å². The van der Waals surface area contributed by atoms with Gasteiger partial charge in [-0.25, -0.2) is 4.98 Å². The maximum absolute atomic E-state index is 6.30. The highest BCUT2D eigenvalue weighted by molar-refractivity contribution is 6.28. The molecule has 1 atom stereocenters. The van der Waals surface area contributed by atoms with Crippen molar-refractivity contribution in [3.63, 3.8) is 0 Å². The number of hydrogen-bond donors (Lipinski definition) is 1. The molecule has 0 spiro atoms. The van der Waals surface area contributed by atoms with Gasteiger partial charge < -0.3 is 10.1 Å². The molecular formula is C62H38N2O. The Hall–Kier alpha value is -8.53. The van der Waals surface area contributed by atoms with Crippen LogP contribution in [0, 0.1) is 0 Å². The van der Waals surface area contributed by atoms with E-state index in [4.69, 9.17) is 9.72 Å². The van der Waals surface area contributed by atoms with Gasteiger partial charge in [0.2, 0.25) is 0 Å². The lowest BCUT2D eigenvalue weighted by Crippen LogP contribution is -2.09. The molecule has 12 aromatic carbocycles. The van der Waals surface area contributed by atoms with Gasteiger partial charge in [-0.3, -0.25) is 0 Å². The standard InChI is InChI=1S/C62H38N2O/c1-3-17-45-41(13-1)43-15-5-7-19-47(43)55-33-39(29-31-50(45)55)53-35-57-54(40-30-32-51-46-18-4-2-14-42(46)44-16-6-8-20-48(44)56(51)34-40)36-59(63-61(57)52-22-10-9-21-49(52)53)37-25-27-38(28-26-37)62-64-58-23-11-12-24-60(58)65-62/h1-36,62,64H. The van der Waals surface area contributed by atoms with Crippen LogP contribution >= 0.6 is 0 Å². The average molecular weight is 827 g/mol. The summed E-state index contributed by atoms with van der Waals surface area (Å²) in [6.45, 7) is 0. The Bertz CT molecular complexity index is 4040. The minimum absolute atomic E-state index is 0.251. The first-order valence-corrected chi connectivity index (χ1v) is 22.4. The first kappa shape index (κ1) is 36.0. The summed E-state index contributed by atoms with van der Waals surface area (Å²) in [5.74, 6) is 0.871. The SMILES string of the molecule is c1ccc2c(c1)NC(c1ccc(-c3cc(-c4ccc5c6ccccc6c6ccccc6c5c4)c4cc(-c5ccc6c7ccccc7c7ccccc7c6c5)c5ccccc5c4n3)cc1)O2. The number of nitrogens with zero attached hydrogens (tertiary/aromatic N) is 1. The van der Waals surface area contributed by atoms with Crippen molar-refractivity contribution >= 4 is 92.0 Å². The summed E-state index contributed by atoms with van der Waals surface area (Å²) in [5.41, 5.74) is 9.70. The molecule has 0 amide bonds. The summed E-state index contributed by atoms with van der Waals surface area (Å²) in [6.07, 6.45) is -0.251. The van der Waals surface area contributed by atoms with E-state index in [2.05, 4.69) is 206 Å². The van der Waals surface area contributed by atoms with Crippen LogP contribution in [-0.4, -0.2) is 4.98 Å². The minimum atomic E-state index is -0.251. The topological polar surface area (TPSA) is 34.2 Å². The number of pyridine rings is 1. The molecule has 13 aromatic rings. The fourth-order valence-corrected chi connectivity index (χ4v) is 10.8. The molecule has 1 unspecified atom stereocenters. The third-order valence-corrected chi connectivity index (χ3v) is 13.9. The molecule has 1 N–H and O–H groups in total. The highest BCUT2D eigenvalue weighted by atomic mass is 16.5. The smallest absolute Gasteiger partial charge is 0.196 e. The predicted molar refractivity (Wildman–Crippen MR) is 274 cm³/mol. The first-order chi connectivity index (χ1) is 32.2. The second-order valence-electron chi connectivity index (χ2n) is 17.4.